The van der Waals surface area contributed by atoms with Crippen LogP contribution in [0.1, 0.15) is 5.56 Å². The van der Waals surface area contributed by atoms with Gasteiger partial charge in [0, 0.05) is 13.2 Å². The van der Waals surface area contributed by atoms with Gasteiger partial charge in [0.05, 0.1) is 17.9 Å². The molecule has 0 radical (unpaired) electrons. The van der Waals surface area contributed by atoms with Crippen molar-refractivity contribution >= 4 is 29.9 Å². The van der Waals surface area contributed by atoms with Crippen LogP contribution < -0.4 is 16.4 Å². The summed E-state index contributed by atoms with van der Waals surface area (Å²) in [7, 11) is 1.55. The first-order valence-corrected chi connectivity index (χ1v) is 6.92. The molecule has 2 rings (SSSR count). The minimum atomic E-state index is -0.648. The maximum atomic E-state index is 12.1. The number of amides is 2. The van der Waals surface area contributed by atoms with Gasteiger partial charge in [-0.3, -0.25) is 14.3 Å². The fraction of sp³-hybridized carbons (Fsp3) is 0.267. The van der Waals surface area contributed by atoms with Gasteiger partial charge in [0.25, 0.3) is 0 Å². The topological polar surface area (TPSA) is 102 Å². The molecule has 2 amide bonds. The number of anilines is 1. The number of rotatable bonds is 6. The van der Waals surface area contributed by atoms with Gasteiger partial charge in [-0.15, -0.1) is 12.4 Å². The maximum absolute atomic E-state index is 12.1. The van der Waals surface area contributed by atoms with Crippen LogP contribution in [0, 0.1) is 0 Å². The lowest BCUT2D eigenvalue weighted by Crippen LogP contribution is -2.37. The number of likely N-dealkylation sites (N-methyl/N-ethyl adjacent to an activating group) is 1. The Morgan fingerprint density at radius 3 is 2.65 bits per heavy atom. The molecule has 0 saturated heterocycles. The van der Waals surface area contributed by atoms with Crippen molar-refractivity contribution < 1.29 is 9.59 Å². The quantitative estimate of drug-likeness (QED) is 0.716. The first kappa shape index (κ1) is 18.7. The van der Waals surface area contributed by atoms with E-state index in [0.29, 0.717) is 12.1 Å². The fourth-order valence-electron chi connectivity index (χ4n) is 1.94. The summed E-state index contributed by atoms with van der Waals surface area (Å²) < 4.78 is 1.44. The number of halogens is 1. The SMILES string of the molecule is CNC(=O)Cn1cc(NC(=O)C(N)Cc2ccccc2)cn1.Cl. The Balaban J connectivity index is 0.00000264. The molecule has 1 aromatic carbocycles. The Labute approximate surface area is 140 Å². The third kappa shape index (κ3) is 5.72. The number of hydrogen-bond donors (Lipinski definition) is 3. The molecule has 0 bridgehead atoms. The van der Waals surface area contributed by atoms with Gasteiger partial charge in [0.2, 0.25) is 11.8 Å². The van der Waals surface area contributed by atoms with Gasteiger partial charge in [-0.05, 0) is 12.0 Å². The number of nitrogens with zero attached hydrogens (tertiary/aromatic N) is 2. The molecule has 0 aliphatic rings. The number of carbonyl (C=O) groups is 2. The molecule has 0 aliphatic heterocycles. The van der Waals surface area contributed by atoms with E-state index in [-0.39, 0.29) is 30.8 Å². The van der Waals surface area contributed by atoms with E-state index in [9.17, 15) is 9.59 Å². The third-order valence-electron chi connectivity index (χ3n) is 3.12. The normalized spacial score (nSPS) is 11.2. The molecule has 7 nitrogen and oxygen atoms in total. The highest BCUT2D eigenvalue weighted by molar-refractivity contribution is 5.94. The summed E-state index contributed by atoms with van der Waals surface area (Å²) in [6.07, 6.45) is 3.53. The zero-order chi connectivity index (χ0) is 15.9. The summed E-state index contributed by atoms with van der Waals surface area (Å²) in [6.45, 7) is 0.0996. The lowest BCUT2D eigenvalue weighted by atomic mass is 10.1. The average molecular weight is 338 g/mol. The Morgan fingerprint density at radius 1 is 1.30 bits per heavy atom. The van der Waals surface area contributed by atoms with Crippen LogP contribution in [0.2, 0.25) is 0 Å². The van der Waals surface area contributed by atoms with Gasteiger partial charge < -0.3 is 16.4 Å². The minimum absolute atomic E-state index is 0. The van der Waals surface area contributed by atoms with Crippen LogP contribution in [0.15, 0.2) is 42.7 Å². The van der Waals surface area contributed by atoms with Crippen LogP contribution in [0.25, 0.3) is 0 Å². The van der Waals surface area contributed by atoms with E-state index in [1.54, 1.807) is 13.2 Å². The number of benzene rings is 1. The van der Waals surface area contributed by atoms with Gasteiger partial charge in [-0.2, -0.15) is 5.10 Å². The predicted molar refractivity (Wildman–Crippen MR) is 90.3 cm³/mol. The van der Waals surface area contributed by atoms with Crippen molar-refractivity contribution in [2.24, 2.45) is 5.73 Å². The molecule has 1 aromatic heterocycles. The van der Waals surface area contributed by atoms with Gasteiger partial charge >= 0.3 is 0 Å². The van der Waals surface area contributed by atoms with Crippen molar-refractivity contribution in [3.63, 3.8) is 0 Å². The Hall–Kier alpha value is -2.38. The number of hydrogen-bond acceptors (Lipinski definition) is 4. The van der Waals surface area contributed by atoms with Crippen LogP contribution in [-0.4, -0.2) is 34.7 Å². The van der Waals surface area contributed by atoms with Gasteiger partial charge in [0.15, 0.2) is 0 Å². The van der Waals surface area contributed by atoms with Crippen LogP contribution in [0.4, 0.5) is 5.69 Å². The summed E-state index contributed by atoms with van der Waals surface area (Å²) in [4.78, 5) is 23.3. The summed E-state index contributed by atoms with van der Waals surface area (Å²) in [5.41, 5.74) is 7.41. The van der Waals surface area contributed by atoms with Crippen molar-refractivity contribution in [1.82, 2.24) is 15.1 Å². The summed E-state index contributed by atoms with van der Waals surface area (Å²) in [5.74, 6) is -0.454. The zero-order valence-electron chi connectivity index (χ0n) is 12.7. The van der Waals surface area contributed by atoms with E-state index in [1.165, 1.54) is 10.9 Å². The van der Waals surface area contributed by atoms with Crippen LogP contribution in [-0.2, 0) is 22.6 Å². The Bertz CT molecular complexity index is 644. The van der Waals surface area contributed by atoms with Gasteiger partial charge in [0.1, 0.15) is 6.54 Å². The van der Waals surface area contributed by atoms with E-state index >= 15 is 0 Å². The molecule has 1 atom stereocenters. The number of aromatic nitrogens is 2. The van der Waals surface area contributed by atoms with E-state index in [4.69, 9.17) is 5.73 Å². The predicted octanol–water partition coefficient (Wildman–Crippen LogP) is 0.559. The number of nitrogens with two attached hydrogens (primary N) is 1. The van der Waals surface area contributed by atoms with Crippen LogP contribution >= 0.6 is 12.4 Å². The van der Waals surface area contributed by atoms with Crippen molar-refractivity contribution in [2.45, 2.75) is 19.0 Å². The zero-order valence-corrected chi connectivity index (χ0v) is 13.5. The first-order chi connectivity index (χ1) is 10.6. The molecule has 1 heterocycles. The number of nitrogens with one attached hydrogen (secondary N) is 2. The molecular weight excluding hydrogens is 318 g/mol. The second-order valence-electron chi connectivity index (χ2n) is 4.89. The van der Waals surface area contributed by atoms with E-state index in [2.05, 4.69) is 15.7 Å². The second kappa shape index (κ2) is 8.92. The fourth-order valence-corrected chi connectivity index (χ4v) is 1.94. The summed E-state index contributed by atoms with van der Waals surface area (Å²) >= 11 is 0. The average Bonchev–Trinajstić information content (AvgIpc) is 2.95. The highest BCUT2D eigenvalue weighted by atomic mass is 35.5. The minimum Gasteiger partial charge on any atom is -0.358 e. The summed E-state index contributed by atoms with van der Waals surface area (Å²) in [5, 5.41) is 9.20. The van der Waals surface area contributed by atoms with E-state index < -0.39 is 6.04 Å². The van der Waals surface area contributed by atoms with Crippen LogP contribution in [0.5, 0.6) is 0 Å². The monoisotopic (exact) mass is 337 g/mol. The largest absolute Gasteiger partial charge is 0.358 e. The molecule has 4 N–H and O–H groups in total. The van der Waals surface area contributed by atoms with E-state index in [0.717, 1.165) is 5.56 Å². The molecule has 0 fully saturated rings. The Morgan fingerprint density at radius 2 is 2.00 bits per heavy atom. The molecule has 0 saturated carbocycles. The number of carbonyl (C=O) groups excluding carboxylic acids is 2. The maximum Gasteiger partial charge on any atom is 0.241 e. The molecule has 8 heteroatoms. The molecule has 1 unspecified atom stereocenters. The highest BCUT2D eigenvalue weighted by Gasteiger charge is 2.15. The van der Waals surface area contributed by atoms with Crippen molar-refractivity contribution in [3.05, 3.63) is 48.3 Å². The molecule has 0 aliphatic carbocycles. The summed E-state index contributed by atoms with van der Waals surface area (Å²) in [6, 6.07) is 8.93. The molecule has 124 valence electrons. The van der Waals surface area contributed by atoms with Crippen molar-refractivity contribution in [1.29, 1.82) is 0 Å². The molecule has 2 aromatic rings. The molecule has 23 heavy (non-hydrogen) atoms. The lowest BCUT2D eigenvalue weighted by molar-refractivity contribution is -0.121. The third-order valence-corrected chi connectivity index (χ3v) is 3.12. The molecular formula is C15H20ClN5O2. The van der Waals surface area contributed by atoms with E-state index in [1.807, 2.05) is 30.3 Å². The van der Waals surface area contributed by atoms with Gasteiger partial charge in [-0.1, -0.05) is 30.3 Å². The van der Waals surface area contributed by atoms with Gasteiger partial charge in [-0.25, -0.2) is 0 Å². The Kier molecular flexibility index (Phi) is 7.24. The lowest BCUT2D eigenvalue weighted by Gasteiger charge is -2.11. The van der Waals surface area contributed by atoms with Crippen LogP contribution in [0.3, 0.4) is 0 Å². The highest BCUT2D eigenvalue weighted by Crippen LogP contribution is 2.07. The smallest absolute Gasteiger partial charge is 0.241 e. The van der Waals surface area contributed by atoms with Crippen molar-refractivity contribution in [3.8, 4) is 0 Å². The standard InChI is InChI=1S/C15H19N5O2.ClH/c1-17-14(21)10-20-9-12(8-18-20)19-15(22)13(16)7-11-5-3-2-4-6-11;/h2-6,8-9,13H,7,10,16H2,1H3,(H,17,21)(H,19,22);1H. The molecule has 0 spiro atoms. The first-order valence-electron chi connectivity index (χ1n) is 6.92. The second-order valence-corrected chi connectivity index (χ2v) is 4.89. The van der Waals surface area contributed by atoms with Crippen molar-refractivity contribution in [2.75, 3.05) is 12.4 Å².